The Hall–Kier alpha value is -4.41. The van der Waals surface area contributed by atoms with Crippen molar-refractivity contribution in [1.29, 1.82) is 0 Å². The van der Waals surface area contributed by atoms with Crippen LogP contribution in [0, 0.1) is 5.92 Å². The van der Waals surface area contributed by atoms with E-state index in [0.717, 1.165) is 0 Å². The van der Waals surface area contributed by atoms with Crippen molar-refractivity contribution in [2.24, 2.45) is 11.7 Å². The van der Waals surface area contributed by atoms with Gasteiger partial charge in [0.1, 0.15) is 6.17 Å². The quantitative estimate of drug-likeness (QED) is 0.455. The summed E-state index contributed by atoms with van der Waals surface area (Å²) in [5.41, 5.74) is 6.65. The predicted octanol–water partition coefficient (Wildman–Crippen LogP) is 2.38. The average Bonchev–Trinajstić information content (AvgIpc) is 3.39. The van der Waals surface area contributed by atoms with Crippen molar-refractivity contribution in [1.82, 2.24) is 14.8 Å². The summed E-state index contributed by atoms with van der Waals surface area (Å²) in [5, 5.41) is 15.0. The second-order valence-electron chi connectivity index (χ2n) is 7.91. The van der Waals surface area contributed by atoms with E-state index in [1.54, 1.807) is 42.5 Å². The molecule has 0 spiro atoms. The molecule has 1 saturated heterocycles. The Bertz CT molecular complexity index is 1290. The van der Waals surface area contributed by atoms with Crippen molar-refractivity contribution in [2.45, 2.75) is 12.7 Å². The highest BCUT2D eigenvalue weighted by molar-refractivity contribution is 6.04. The number of primary amides is 1. The van der Waals surface area contributed by atoms with Gasteiger partial charge in [-0.3, -0.25) is 9.36 Å². The predicted molar refractivity (Wildman–Crippen MR) is 121 cm³/mol. The van der Waals surface area contributed by atoms with Crippen LogP contribution < -0.4 is 16.4 Å². The first-order valence-electron chi connectivity index (χ1n) is 10.4. The maximum absolute atomic E-state index is 14.6. The van der Waals surface area contributed by atoms with Crippen molar-refractivity contribution in [2.75, 3.05) is 18.4 Å². The lowest BCUT2D eigenvalue weighted by Gasteiger charge is -2.17. The zero-order valence-corrected chi connectivity index (χ0v) is 17.9. The van der Waals surface area contributed by atoms with Gasteiger partial charge in [-0.1, -0.05) is 36.4 Å². The number of hydrogen-bond acceptors (Lipinski definition) is 4. The molecule has 10 nitrogen and oxygen atoms in total. The minimum atomic E-state index is -1.59. The molecule has 1 aliphatic heterocycles. The molecule has 0 bridgehead atoms. The third kappa shape index (κ3) is 4.40. The number of hydrogen-bond donors (Lipinski definition) is 4. The number of aromatic nitrogens is 1. The second-order valence-corrected chi connectivity index (χ2v) is 7.91. The Kier molecular flexibility index (Phi) is 6.17. The van der Waals surface area contributed by atoms with Gasteiger partial charge in [-0.05, 0) is 17.7 Å². The van der Waals surface area contributed by atoms with Gasteiger partial charge >= 0.3 is 18.0 Å². The molecule has 0 radical (unpaired) electrons. The van der Waals surface area contributed by atoms with Gasteiger partial charge < -0.3 is 26.4 Å². The van der Waals surface area contributed by atoms with Crippen LogP contribution in [0.5, 0.6) is 0 Å². The number of fused-ring (bicyclic) bond motifs is 1. The van der Waals surface area contributed by atoms with Crippen molar-refractivity contribution < 1.29 is 28.7 Å². The maximum Gasteiger partial charge on any atom is 0.336 e. The molecule has 34 heavy (non-hydrogen) atoms. The summed E-state index contributed by atoms with van der Waals surface area (Å²) in [4.78, 5) is 49.5. The molecule has 2 atom stereocenters. The standard InChI is InChI=1S/C23H22FN5O5/c24-17-11-28(10-16(17)20(30)26-9-13-5-1-2-6-14(13)21(31)32)23(34)27-18-12-29(22(25)33)19-8-4-3-7-15(18)19/h1-8,12,16-17H,9-11H2,(H2,25,33)(H,26,30)(H,27,34)(H,31,32)/t16?,17-/m0/s1. The molecule has 2 heterocycles. The zero-order valence-electron chi connectivity index (χ0n) is 17.9. The van der Waals surface area contributed by atoms with E-state index in [4.69, 9.17) is 5.73 Å². The molecule has 3 aromatic rings. The van der Waals surface area contributed by atoms with Gasteiger partial charge in [-0.15, -0.1) is 0 Å². The fourth-order valence-electron chi connectivity index (χ4n) is 4.03. The molecule has 11 heteroatoms. The molecule has 4 rings (SSSR count). The number of halogens is 1. The average molecular weight is 467 g/mol. The summed E-state index contributed by atoms with van der Waals surface area (Å²) in [5.74, 6) is -2.85. The highest BCUT2D eigenvalue weighted by atomic mass is 19.1. The first-order chi connectivity index (χ1) is 16.3. The number of carboxylic acids is 1. The Labute approximate surface area is 193 Å². The molecule has 5 N–H and O–H groups in total. The molecule has 1 aliphatic rings. The smallest absolute Gasteiger partial charge is 0.336 e. The molecule has 1 fully saturated rings. The van der Waals surface area contributed by atoms with E-state index in [1.165, 1.54) is 21.7 Å². The van der Waals surface area contributed by atoms with Crippen molar-refractivity contribution >= 4 is 40.5 Å². The molecule has 1 unspecified atom stereocenters. The van der Waals surface area contributed by atoms with Gasteiger partial charge in [0.25, 0.3) is 0 Å². The Morgan fingerprint density at radius 2 is 1.76 bits per heavy atom. The Morgan fingerprint density at radius 3 is 2.50 bits per heavy atom. The molecule has 0 aliphatic carbocycles. The lowest BCUT2D eigenvalue weighted by molar-refractivity contribution is -0.126. The number of urea groups is 1. The molecule has 0 saturated carbocycles. The number of anilines is 1. The number of nitrogens with one attached hydrogen (secondary N) is 2. The van der Waals surface area contributed by atoms with Gasteiger partial charge in [-0.25, -0.2) is 18.8 Å². The van der Waals surface area contributed by atoms with Crippen LogP contribution in [0.25, 0.3) is 10.9 Å². The van der Waals surface area contributed by atoms with Crippen molar-refractivity contribution in [3.8, 4) is 0 Å². The largest absolute Gasteiger partial charge is 0.478 e. The molecular weight excluding hydrogens is 445 g/mol. The summed E-state index contributed by atoms with van der Waals surface area (Å²) >= 11 is 0. The van der Waals surface area contributed by atoms with E-state index in [-0.39, 0.29) is 25.2 Å². The summed E-state index contributed by atoms with van der Waals surface area (Å²) in [6, 6.07) is 11.7. The van der Waals surface area contributed by atoms with E-state index in [2.05, 4.69) is 10.6 Å². The molecule has 1 aromatic heterocycles. The Balaban J connectivity index is 1.42. The lowest BCUT2D eigenvalue weighted by atomic mass is 10.1. The number of para-hydroxylation sites is 1. The number of carboxylic acid groups (broad SMARTS) is 1. The van der Waals surface area contributed by atoms with Crippen LogP contribution in [0.15, 0.2) is 54.7 Å². The van der Waals surface area contributed by atoms with Gasteiger partial charge in [0.15, 0.2) is 0 Å². The molecular formula is C23H22FN5O5. The number of nitrogens with two attached hydrogens (primary N) is 1. The molecule has 2 aromatic carbocycles. The van der Waals surface area contributed by atoms with Crippen LogP contribution in [0.3, 0.4) is 0 Å². The van der Waals surface area contributed by atoms with E-state index in [9.17, 15) is 28.7 Å². The molecule has 4 amide bonds. The maximum atomic E-state index is 14.6. The number of benzene rings is 2. The highest BCUT2D eigenvalue weighted by Gasteiger charge is 2.40. The molecule has 176 valence electrons. The number of rotatable bonds is 5. The third-order valence-corrected chi connectivity index (χ3v) is 5.76. The third-order valence-electron chi connectivity index (χ3n) is 5.76. The minimum absolute atomic E-state index is 0.0437. The number of likely N-dealkylation sites (tertiary alicyclic amines) is 1. The first-order valence-corrected chi connectivity index (χ1v) is 10.4. The van der Waals surface area contributed by atoms with Crippen molar-refractivity contribution in [3.05, 3.63) is 65.9 Å². The van der Waals surface area contributed by atoms with E-state index in [1.807, 2.05) is 0 Å². The lowest BCUT2D eigenvalue weighted by Crippen LogP contribution is -2.37. The van der Waals surface area contributed by atoms with Gasteiger partial charge in [-0.2, -0.15) is 0 Å². The number of amides is 4. The van der Waals surface area contributed by atoms with Crippen LogP contribution in [-0.4, -0.2) is 57.8 Å². The van der Waals surface area contributed by atoms with Crippen LogP contribution in [0.1, 0.15) is 15.9 Å². The van der Waals surface area contributed by atoms with E-state index < -0.39 is 36.0 Å². The number of alkyl halides is 1. The summed E-state index contributed by atoms with van der Waals surface area (Å²) in [6.45, 7) is -0.526. The van der Waals surface area contributed by atoms with Gasteiger partial charge in [0, 0.05) is 24.7 Å². The minimum Gasteiger partial charge on any atom is -0.478 e. The fourth-order valence-corrected chi connectivity index (χ4v) is 4.03. The summed E-state index contributed by atoms with van der Waals surface area (Å²) < 4.78 is 15.8. The highest BCUT2D eigenvalue weighted by Crippen LogP contribution is 2.27. The zero-order chi connectivity index (χ0) is 24.4. The number of carbonyl (C=O) groups excluding carboxylic acids is 3. The van der Waals surface area contributed by atoms with Crippen molar-refractivity contribution in [3.63, 3.8) is 0 Å². The Morgan fingerprint density at radius 1 is 1.06 bits per heavy atom. The topological polar surface area (TPSA) is 147 Å². The van der Waals surface area contributed by atoms with Gasteiger partial charge in [0.2, 0.25) is 5.91 Å². The van der Waals surface area contributed by atoms with Crippen LogP contribution >= 0.6 is 0 Å². The number of nitrogens with zero attached hydrogens (tertiary/aromatic N) is 2. The van der Waals surface area contributed by atoms with E-state index in [0.29, 0.717) is 22.2 Å². The number of aromatic carboxylic acids is 1. The fraction of sp³-hybridized carbons (Fsp3) is 0.217. The first kappa shape index (κ1) is 22.8. The number of carbonyl (C=O) groups is 4. The van der Waals surface area contributed by atoms with E-state index >= 15 is 0 Å². The summed E-state index contributed by atoms with van der Waals surface area (Å²) in [7, 11) is 0. The summed E-state index contributed by atoms with van der Waals surface area (Å²) in [6.07, 6.45) is -0.203. The van der Waals surface area contributed by atoms with Crippen LogP contribution in [-0.2, 0) is 11.3 Å². The van der Waals surface area contributed by atoms with Crippen LogP contribution in [0.2, 0.25) is 0 Å². The SMILES string of the molecule is NC(=O)n1cc(NC(=O)N2CC(C(=O)NCc3ccccc3C(=O)O)[C@@H](F)C2)c2ccccc21. The van der Waals surface area contributed by atoms with Crippen LogP contribution in [0.4, 0.5) is 19.7 Å². The monoisotopic (exact) mass is 467 g/mol. The van der Waals surface area contributed by atoms with Gasteiger partial charge in [0.05, 0.1) is 29.2 Å². The normalized spacial score (nSPS) is 17.5. The second kappa shape index (κ2) is 9.22.